The molecule has 0 N–H and O–H groups in total. The average Bonchev–Trinajstić information content (AvgIpc) is 2.48. The first kappa shape index (κ1) is 15.2. The highest BCUT2D eigenvalue weighted by Crippen LogP contribution is 2.33. The van der Waals surface area contributed by atoms with Gasteiger partial charge >= 0.3 is 0 Å². The van der Waals surface area contributed by atoms with E-state index in [1.807, 2.05) is 0 Å². The SMILES string of the molecule is [N-]=[N+]=NCC(=O)c1ccccc1Oc1ccc(Cl)cc1Cl. The van der Waals surface area contributed by atoms with Crippen molar-refractivity contribution >= 4 is 29.0 Å². The molecule has 0 radical (unpaired) electrons. The second kappa shape index (κ2) is 6.99. The summed E-state index contributed by atoms with van der Waals surface area (Å²) in [7, 11) is 0. The average molecular weight is 322 g/mol. The monoisotopic (exact) mass is 321 g/mol. The Kier molecular flexibility index (Phi) is 5.06. The molecule has 0 aliphatic rings. The Labute approximate surface area is 130 Å². The summed E-state index contributed by atoms with van der Waals surface area (Å²) in [5, 5.41) is 4.08. The van der Waals surface area contributed by atoms with Crippen molar-refractivity contribution in [2.75, 3.05) is 6.54 Å². The number of azide groups is 1. The second-order valence-corrected chi connectivity index (χ2v) is 4.83. The highest BCUT2D eigenvalue weighted by Gasteiger charge is 2.13. The fraction of sp³-hybridized carbons (Fsp3) is 0.0714. The Bertz CT molecular complexity index is 728. The van der Waals surface area contributed by atoms with Gasteiger partial charge in [0.25, 0.3) is 0 Å². The summed E-state index contributed by atoms with van der Waals surface area (Å²) in [5.41, 5.74) is 8.59. The minimum Gasteiger partial charge on any atom is -0.455 e. The van der Waals surface area contributed by atoms with Crippen LogP contribution in [0.3, 0.4) is 0 Å². The van der Waals surface area contributed by atoms with Gasteiger partial charge in [-0.25, -0.2) is 0 Å². The summed E-state index contributed by atoms with van der Waals surface area (Å²) in [4.78, 5) is 14.5. The summed E-state index contributed by atoms with van der Waals surface area (Å²) >= 11 is 11.9. The summed E-state index contributed by atoms with van der Waals surface area (Å²) < 4.78 is 5.65. The molecule has 0 spiro atoms. The number of rotatable bonds is 5. The maximum Gasteiger partial charge on any atom is 0.172 e. The number of halogens is 2. The minimum absolute atomic E-state index is 0.273. The molecule has 0 aliphatic carbocycles. The van der Waals surface area contributed by atoms with Crippen LogP contribution in [0.25, 0.3) is 10.4 Å². The Balaban J connectivity index is 2.32. The van der Waals surface area contributed by atoms with Crippen molar-refractivity contribution in [2.45, 2.75) is 0 Å². The van der Waals surface area contributed by atoms with Crippen molar-refractivity contribution in [3.63, 3.8) is 0 Å². The van der Waals surface area contributed by atoms with Crippen LogP contribution in [-0.2, 0) is 0 Å². The number of Topliss-reactive ketones (excluding diaryl/α,β-unsaturated/α-hetero) is 1. The quantitative estimate of drug-likeness (QED) is 0.325. The van der Waals surface area contributed by atoms with Gasteiger partial charge in [0.2, 0.25) is 0 Å². The van der Waals surface area contributed by atoms with Gasteiger partial charge in [-0.05, 0) is 35.9 Å². The standard InChI is InChI=1S/C14H9Cl2N3O2/c15-9-5-6-14(11(16)7-9)21-13-4-2-1-3-10(13)12(20)8-18-19-17/h1-7H,8H2. The number of carbonyl (C=O) groups is 1. The van der Waals surface area contributed by atoms with Crippen LogP contribution in [0.1, 0.15) is 10.4 Å². The Morgan fingerprint density at radius 3 is 2.67 bits per heavy atom. The number of nitrogens with zero attached hydrogens (tertiary/aromatic N) is 3. The second-order valence-electron chi connectivity index (χ2n) is 3.99. The topological polar surface area (TPSA) is 75.1 Å². The number of ether oxygens (including phenoxy) is 1. The van der Waals surface area contributed by atoms with Crippen LogP contribution >= 0.6 is 23.2 Å². The number of benzene rings is 2. The molecule has 0 aliphatic heterocycles. The van der Waals surface area contributed by atoms with E-state index in [1.54, 1.807) is 42.5 Å². The molecule has 21 heavy (non-hydrogen) atoms. The largest absolute Gasteiger partial charge is 0.455 e. The summed E-state index contributed by atoms with van der Waals surface area (Å²) in [6, 6.07) is 11.4. The molecule has 2 aromatic rings. The summed E-state index contributed by atoms with van der Waals surface area (Å²) in [6.07, 6.45) is 0. The first-order valence-corrected chi connectivity index (χ1v) is 6.63. The van der Waals surface area contributed by atoms with Gasteiger partial charge in [0.15, 0.2) is 5.78 Å². The first-order chi connectivity index (χ1) is 10.1. The minimum atomic E-state index is -0.339. The van der Waals surface area contributed by atoms with E-state index in [9.17, 15) is 4.79 Å². The molecule has 2 rings (SSSR count). The molecule has 0 unspecified atom stereocenters. The lowest BCUT2D eigenvalue weighted by atomic mass is 10.1. The van der Waals surface area contributed by atoms with Gasteiger partial charge in [-0.2, -0.15) is 0 Å². The number of ketones is 1. The van der Waals surface area contributed by atoms with Crippen molar-refractivity contribution in [1.82, 2.24) is 0 Å². The predicted molar refractivity (Wildman–Crippen MR) is 81.3 cm³/mol. The molecule has 0 heterocycles. The highest BCUT2D eigenvalue weighted by molar-refractivity contribution is 6.35. The molecular weight excluding hydrogens is 313 g/mol. The fourth-order valence-electron chi connectivity index (χ4n) is 1.64. The smallest absolute Gasteiger partial charge is 0.172 e. The molecule has 7 heteroatoms. The van der Waals surface area contributed by atoms with Crippen LogP contribution in [0.4, 0.5) is 0 Å². The molecule has 0 aromatic heterocycles. The van der Waals surface area contributed by atoms with Crippen LogP contribution in [0.2, 0.25) is 10.0 Å². The molecular formula is C14H9Cl2N3O2. The maximum absolute atomic E-state index is 12.0. The van der Waals surface area contributed by atoms with Gasteiger partial charge in [0.05, 0.1) is 17.1 Å². The Morgan fingerprint density at radius 2 is 1.95 bits per heavy atom. The van der Waals surface area contributed by atoms with E-state index in [4.69, 9.17) is 33.5 Å². The number of carbonyl (C=O) groups excluding carboxylic acids is 1. The number of hydrogen-bond donors (Lipinski definition) is 0. The lowest BCUT2D eigenvalue weighted by Crippen LogP contribution is -2.04. The molecule has 0 atom stereocenters. The first-order valence-electron chi connectivity index (χ1n) is 5.88. The van der Waals surface area contributed by atoms with Crippen LogP contribution in [0.15, 0.2) is 47.6 Å². The van der Waals surface area contributed by atoms with E-state index >= 15 is 0 Å². The molecule has 0 amide bonds. The lowest BCUT2D eigenvalue weighted by molar-refractivity contribution is 0.0999. The van der Waals surface area contributed by atoms with E-state index in [-0.39, 0.29) is 12.3 Å². The van der Waals surface area contributed by atoms with Crippen molar-refractivity contribution in [3.05, 3.63) is 68.5 Å². The van der Waals surface area contributed by atoms with E-state index in [2.05, 4.69) is 10.0 Å². The van der Waals surface area contributed by atoms with Crippen LogP contribution < -0.4 is 4.74 Å². The van der Waals surface area contributed by atoms with Crippen molar-refractivity contribution in [1.29, 1.82) is 0 Å². The number of hydrogen-bond acceptors (Lipinski definition) is 3. The molecule has 0 saturated carbocycles. The van der Waals surface area contributed by atoms with Crippen LogP contribution in [-0.4, -0.2) is 12.3 Å². The van der Waals surface area contributed by atoms with Gasteiger partial charge in [-0.1, -0.05) is 40.4 Å². The van der Waals surface area contributed by atoms with Gasteiger partial charge in [0, 0.05) is 9.93 Å². The van der Waals surface area contributed by atoms with Crippen molar-refractivity contribution in [2.24, 2.45) is 5.11 Å². The lowest BCUT2D eigenvalue weighted by Gasteiger charge is -2.11. The van der Waals surface area contributed by atoms with Crippen molar-refractivity contribution in [3.8, 4) is 11.5 Å². The number of para-hydroxylation sites is 1. The van der Waals surface area contributed by atoms with Crippen molar-refractivity contribution < 1.29 is 9.53 Å². The molecule has 106 valence electrons. The highest BCUT2D eigenvalue weighted by atomic mass is 35.5. The van der Waals surface area contributed by atoms with E-state index in [0.29, 0.717) is 27.1 Å². The van der Waals surface area contributed by atoms with E-state index in [0.717, 1.165) is 0 Å². The third-order valence-electron chi connectivity index (χ3n) is 2.58. The van der Waals surface area contributed by atoms with Crippen LogP contribution in [0, 0.1) is 0 Å². The maximum atomic E-state index is 12.0. The molecule has 0 saturated heterocycles. The fourth-order valence-corrected chi connectivity index (χ4v) is 2.09. The molecule has 0 fully saturated rings. The third kappa shape index (κ3) is 3.89. The Hall–Kier alpha value is -2.20. The Morgan fingerprint density at radius 1 is 1.19 bits per heavy atom. The summed E-state index contributed by atoms with van der Waals surface area (Å²) in [6.45, 7) is -0.273. The zero-order valence-corrected chi connectivity index (χ0v) is 12.2. The predicted octanol–water partition coefficient (Wildman–Crippen LogP) is 5.28. The zero-order chi connectivity index (χ0) is 15.2. The third-order valence-corrected chi connectivity index (χ3v) is 3.11. The van der Waals surface area contributed by atoms with Crippen LogP contribution in [0.5, 0.6) is 11.5 Å². The molecule has 5 nitrogen and oxygen atoms in total. The molecule has 0 bridgehead atoms. The molecule has 2 aromatic carbocycles. The van der Waals surface area contributed by atoms with Gasteiger partial charge in [-0.3, -0.25) is 4.79 Å². The summed E-state index contributed by atoms with van der Waals surface area (Å²) in [5.74, 6) is 0.374. The van der Waals surface area contributed by atoms with Gasteiger partial charge in [-0.15, -0.1) is 0 Å². The van der Waals surface area contributed by atoms with Gasteiger partial charge in [0.1, 0.15) is 11.5 Å². The van der Waals surface area contributed by atoms with E-state index < -0.39 is 0 Å². The normalized spacial score (nSPS) is 9.81. The zero-order valence-electron chi connectivity index (χ0n) is 10.7. The van der Waals surface area contributed by atoms with Gasteiger partial charge < -0.3 is 4.74 Å². The van der Waals surface area contributed by atoms with E-state index in [1.165, 1.54) is 0 Å².